The molecule has 0 aromatic heterocycles. The molecule has 15 heavy (non-hydrogen) atoms. The number of hydrogen-bond donors (Lipinski definition) is 1. The van der Waals surface area contributed by atoms with Crippen LogP contribution in [0.2, 0.25) is 0 Å². The zero-order valence-corrected chi connectivity index (χ0v) is 10.3. The van der Waals surface area contributed by atoms with E-state index in [4.69, 9.17) is 10.2 Å². The average molecular weight is 212 g/mol. The number of nitrogens with zero attached hydrogens (tertiary/aromatic N) is 1. The van der Waals surface area contributed by atoms with E-state index in [1.54, 1.807) is 5.06 Å². The van der Waals surface area contributed by atoms with Gasteiger partial charge in [0.05, 0.1) is 0 Å². The van der Waals surface area contributed by atoms with Crippen LogP contribution in [0.4, 0.5) is 0 Å². The maximum atomic E-state index is 7.78. The summed E-state index contributed by atoms with van der Waals surface area (Å²) in [7, 11) is 1.85. The Bertz CT molecular complexity index is 208. The molecule has 1 saturated heterocycles. The molecule has 1 heterocycles. The lowest BCUT2D eigenvalue weighted by atomic mass is 9.88. The number of hydrogen-bond acceptors (Lipinski definition) is 2. The van der Waals surface area contributed by atoms with Gasteiger partial charge >= 0.3 is 0 Å². The summed E-state index contributed by atoms with van der Waals surface area (Å²) < 4.78 is 0. The van der Waals surface area contributed by atoms with Gasteiger partial charge in [0.2, 0.25) is 0 Å². The quantitative estimate of drug-likeness (QED) is 0.733. The number of nitrogens with one attached hydrogen (secondary N) is 1. The summed E-state index contributed by atoms with van der Waals surface area (Å²) in [6, 6.07) is 0. The second-order valence-electron chi connectivity index (χ2n) is 4.60. The van der Waals surface area contributed by atoms with Gasteiger partial charge in [-0.2, -0.15) is 0 Å². The standard InChI is InChI=1S/C12H24N2O/c1-4-6-8-12(9-7-5-2)10-11(13)14(3)15-12/h13H,4-10H2,1-3H3. The molecule has 3 nitrogen and oxygen atoms in total. The van der Waals surface area contributed by atoms with Crippen LogP contribution in [0.1, 0.15) is 58.8 Å². The van der Waals surface area contributed by atoms with Gasteiger partial charge in [-0.25, -0.2) is 5.06 Å². The predicted octanol–water partition coefficient (Wildman–Crippen LogP) is 3.35. The van der Waals surface area contributed by atoms with Gasteiger partial charge in [-0.05, 0) is 12.8 Å². The monoisotopic (exact) mass is 212 g/mol. The fourth-order valence-electron chi connectivity index (χ4n) is 2.19. The van der Waals surface area contributed by atoms with Gasteiger partial charge in [0, 0.05) is 13.5 Å². The average Bonchev–Trinajstić information content (AvgIpc) is 2.50. The number of unbranched alkanes of at least 4 members (excludes halogenated alkanes) is 2. The Morgan fingerprint density at radius 1 is 1.27 bits per heavy atom. The van der Waals surface area contributed by atoms with Crippen molar-refractivity contribution in [1.82, 2.24) is 5.06 Å². The Balaban J connectivity index is 2.57. The molecule has 0 atom stereocenters. The van der Waals surface area contributed by atoms with E-state index >= 15 is 0 Å². The smallest absolute Gasteiger partial charge is 0.123 e. The molecule has 1 rings (SSSR count). The molecule has 0 spiro atoms. The lowest BCUT2D eigenvalue weighted by molar-refractivity contribution is -0.166. The maximum Gasteiger partial charge on any atom is 0.123 e. The van der Waals surface area contributed by atoms with Crippen LogP contribution in [-0.4, -0.2) is 23.5 Å². The van der Waals surface area contributed by atoms with Gasteiger partial charge in [0.25, 0.3) is 0 Å². The molecule has 0 aromatic carbocycles. The molecule has 0 unspecified atom stereocenters. The van der Waals surface area contributed by atoms with Crippen molar-refractivity contribution < 1.29 is 4.84 Å². The molecular formula is C12H24N2O. The van der Waals surface area contributed by atoms with E-state index in [1.807, 2.05) is 7.05 Å². The van der Waals surface area contributed by atoms with E-state index < -0.39 is 0 Å². The zero-order chi connectivity index (χ0) is 11.3. The molecule has 0 aromatic rings. The van der Waals surface area contributed by atoms with E-state index in [-0.39, 0.29) is 5.60 Å². The third-order valence-corrected chi connectivity index (χ3v) is 3.17. The molecule has 1 aliphatic rings. The Morgan fingerprint density at radius 2 is 1.80 bits per heavy atom. The molecular weight excluding hydrogens is 188 g/mol. The lowest BCUT2D eigenvalue weighted by Crippen LogP contribution is -2.29. The van der Waals surface area contributed by atoms with Gasteiger partial charge in [-0.15, -0.1) is 0 Å². The maximum absolute atomic E-state index is 7.78. The first-order valence-electron chi connectivity index (χ1n) is 6.14. The summed E-state index contributed by atoms with van der Waals surface area (Å²) in [5, 5.41) is 9.43. The van der Waals surface area contributed by atoms with E-state index in [2.05, 4.69) is 13.8 Å². The predicted molar refractivity (Wildman–Crippen MR) is 63.0 cm³/mol. The summed E-state index contributed by atoms with van der Waals surface area (Å²) >= 11 is 0. The summed E-state index contributed by atoms with van der Waals surface area (Å²) in [6.07, 6.45) is 7.79. The van der Waals surface area contributed by atoms with Crippen LogP contribution < -0.4 is 0 Å². The SMILES string of the molecule is CCCCC1(CCCC)CC(=N)N(C)O1. The second-order valence-corrected chi connectivity index (χ2v) is 4.60. The fraction of sp³-hybridized carbons (Fsp3) is 0.917. The largest absolute Gasteiger partial charge is 0.287 e. The van der Waals surface area contributed by atoms with Gasteiger partial charge in [0.1, 0.15) is 11.4 Å². The van der Waals surface area contributed by atoms with Crippen LogP contribution in [0.15, 0.2) is 0 Å². The van der Waals surface area contributed by atoms with Gasteiger partial charge < -0.3 is 0 Å². The van der Waals surface area contributed by atoms with E-state index in [0.29, 0.717) is 5.84 Å². The first kappa shape index (κ1) is 12.5. The first-order chi connectivity index (χ1) is 7.13. The third-order valence-electron chi connectivity index (χ3n) is 3.17. The Morgan fingerprint density at radius 3 is 2.13 bits per heavy atom. The van der Waals surface area contributed by atoms with Crippen LogP contribution in [0.3, 0.4) is 0 Å². The minimum atomic E-state index is -0.0577. The van der Waals surface area contributed by atoms with Crippen molar-refractivity contribution in [1.29, 1.82) is 5.41 Å². The van der Waals surface area contributed by atoms with Crippen molar-refractivity contribution in [3.63, 3.8) is 0 Å². The topological polar surface area (TPSA) is 36.3 Å². The Kier molecular flexibility index (Phi) is 4.58. The van der Waals surface area contributed by atoms with E-state index in [1.165, 1.54) is 25.7 Å². The summed E-state index contributed by atoms with van der Waals surface area (Å²) in [5.41, 5.74) is -0.0577. The highest BCUT2D eigenvalue weighted by Crippen LogP contribution is 2.35. The van der Waals surface area contributed by atoms with Crippen LogP contribution in [0.5, 0.6) is 0 Å². The van der Waals surface area contributed by atoms with Crippen molar-refractivity contribution in [3.05, 3.63) is 0 Å². The van der Waals surface area contributed by atoms with Crippen molar-refractivity contribution in [2.45, 2.75) is 64.4 Å². The van der Waals surface area contributed by atoms with Crippen LogP contribution in [0, 0.1) is 5.41 Å². The minimum absolute atomic E-state index is 0.0577. The van der Waals surface area contributed by atoms with Crippen molar-refractivity contribution in [3.8, 4) is 0 Å². The highest BCUT2D eigenvalue weighted by molar-refractivity contribution is 5.80. The van der Waals surface area contributed by atoms with Crippen molar-refractivity contribution in [2.24, 2.45) is 0 Å². The molecule has 1 N–H and O–H groups in total. The van der Waals surface area contributed by atoms with E-state index in [0.717, 1.165) is 19.3 Å². The van der Waals surface area contributed by atoms with Crippen LogP contribution in [0.25, 0.3) is 0 Å². The highest BCUT2D eigenvalue weighted by Gasteiger charge is 2.40. The molecule has 0 amide bonds. The van der Waals surface area contributed by atoms with Gasteiger partial charge in [-0.3, -0.25) is 10.2 Å². The number of hydroxylamine groups is 2. The molecule has 0 aliphatic carbocycles. The fourth-order valence-corrected chi connectivity index (χ4v) is 2.19. The number of rotatable bonds is 6. The molecule has 1 aliphatic heterocycles. The molecule has 0 saturated carbocycles. The van der Waals surface area contributed by atoms with Crippen LogP contribution >= 0.6 is 0 Å². The summed E-state index contributed by atoms with van der Waals surface area (Å²) in [6.45, 7) is 4.41. The summed E-state index contributed by atoms with van der Waals surface area (Å²) in [4.78, 5) is 5.87. The van der Waals surface area contributed by atoms with Gasteiger partial charge in [0.15, 0.2) is 0 Å². The van der Waals surface area contributed by atoms with Crippen LogP contribution in [-0.2, 0) is 4.84 Å². The summed E-state index contributed by atoms with van der Waals surface area (Å²) in [5.74, 6) is 0.627. The molecule has 88 valence electrons. The molecule has 0 bridgehead atoms. The van der Waals surface area contributed by atoms with E-state index in [9.17, 15) is 0 Å². The Hall–Kier alpha value is -0.570. The molecule has 3 heteroatoms. The molecule has 1 fully saturated rings. The second kappa shape index (κ2) is 5.50. The van der Waals surface area contributed by atoms with Crippen molar-refractivity contribution >= 4 is 5.84 Å². The first-order valence-corrected chi connectivity index (χ1v) is 6.14. The normalized spacial score (nSPS) is 19.9. The minimum Gasteiger partial charge on any atom is -0.287 e. The third kappa shape index (κ3) is 3.20. The number of amidine groups is 1. The lowest BCUT2D eigenvalue weighted by Gasteiger charge is -2.27. The Labute approximate surface area is 93.3 Å². The molecule has 0 radical (unpaired) electrons. The zero-order valence-electron chi connectivity index (χ0n) is 10.3. The van der Waals surface area contributed by atoms with Crippen molar-refractivity contribution in [2.75, 3.05) is 7.05 Å². The highest BCUT2D eigenvalue weighted by atomic mass is 16.7. The van der Waals surface area contributed by atoms with Gasteiger partial charge in [-0.1, -0.05) is 39.5 Å².